The van der Waals surface area contributed by atoms with E-state index in [4.69, 9.17) is 27.4 Å². The van der Waals surface area contributed by atoms with E-state index in [0.29, 0.717) is 19.4 Å². The molecule has 0 fully saturated rings. The summed E-state index contributed by atoms with van der Waals surface area (Å²) in [7, 11) is 0. The summed E-state index contributed by atoms with van der Waals surface area (Å²) in [5.41, 5.74) is 15.8. The Labute approximate surface area is 189 Å². The molecule has 33 heavy (non-hydrogen) atoms. The fourth-order valence-corrected chi connectivity index (χ4v) is 2.60. The third-order valence-electron chi connectivity index (χ3n) is 4.42. The van der Waals surface area contributed by atoms with Gasteiger partial charge in [0.25, 0.3) is 0 Å². The molecule has 0 spiro atoms. The molecule has 4 amide bonds. The molecular weight excluding hydrogens is 444 g/mol. The van der Waals surface area contributed by atoms with Crippen LogP contribution in [0.2, 0.25) is 0 Å². The van der Waals surface area contributed by atoms with Crippen LogP contribution in [0.25, 0.3) is 0 Å². The third kappa shape index (κ3) is 12.4. The Morgan fingerprint density at radius 2 is 1.33 bits per heavy atom. The average molecular weight is 476 g/mol. The first kappa shape index (κ1) is 29.7. The van der Waals surface area contributed by atoms with Gasteiger partial charge in [0.1, 0.15) is 24.2 Å². The van der Waals surface area contributed by atoms with E-state index >= 15 is 0 Å². The lowest BCUT2D eigenvalue weighted by atomic mass is 10.1. The molecule has 12 N–H and O–H groups in total. The quantitative estimate of drug-likeness (QED) is 0.0905. The first-order valence-corrected chi connectivity index (χ1v) is 10.1. The first-order chi connectivity index (χ1) is 15.4. The maximum atomic E-state index is 12.6. The average Bonchev–Trinajstić information content (AvgIpc) is 2.73. The van der Waals surface area contributed by atoms with Gasteiger partial charge in [-0.15, -0.1) is 0 Å². The number of hydrogen-bond donors (Lipinski definition) is 9. The summed E-state index contributed by atoms with van der Waals surface area (Å²) < 4.78 is 0. The van der Waals surface area contributed by atoms with Crippen molar-refractivity contribution in [1.29, 1.82) is 0 Å². The minimum Gasteiger partial charge on any atom is -0.481 e. The van der Waals surface area contributed by atoms with Gasteiger partial charge >= 0.3 is 11.9 Å². The Bertz CT molecular complexity index is 718. The number of carbonyl (C=O) groups excluding carboxylic acids is 4. The van der Waals surface area contributed by atoms with Crippen LogP contribution < -0.4 is 33.2 Å². The van der Waals surface area contributed by atoms with Gasteiger partial charge in [0.15, 0.2) is 0 Å². The van der Waals surface area contributed by atoms with Crippen molar-refractivity contribution in [3.63, 3.8) is 0 Å². The number of nitrogens with two attached hydrogens (primary N) is 3. The van der Waals surface area contributed by atoms with Crippen LogP contribution in [0.5, 0.6) is 0 Å². The minimum absolute atomic E-state index is 0.0301. The Kier molecular flexibility index (Phi) is 13.9. The Morgan fingerprint density at radius 1 is 0.788 bits per heavy atom. The third-order valence-corrected chi connectivity index (χ3v) is 4.42. The molecule has 0 aromatic heterocycles. The topological polar surface area (TPSA) is 277 Å². The molecule has 15 nitrogen and oxygen atoms in total. The highest BCUT2D eigenvalue weighted by Gasteiger charge is 2.31. The van der Waals surface area contributed by atoms with E-state index in [1.807, 2.05) is 0 Å². The number of rotatable bonds is 17. The summed E-state index contributed by atoms with van der Waals surface area (Å²) >= 11 is 0. The molecule has 0 aromatic carbocycles. The number of unbranched alkanes of at least 4 members (excludes halogenated alkanes) is 1. The molecule has 0 radical (unpaired) electrons. The largest absolute Gasteiger partial charge is 0.481 e. The summed E-state index contributed by atoms with van der Waals surface area (Å²) in [5.74, 6) is -6.66. The number of aliphatic hydroxyl groups is 1. The minimum atomic E-state index is -1.69. The molecule has 4 unspecified atom stereocenters. The predicted molar refractivity (Wildman–Crippen MR) is 112 cm³/mol. The van der Waals surface area contributed by atoms with Crippen LogP contribution in [0.1, 0.15) is 38.5 Å². The standard InChI is InChI=1S/C18H32N6O9/c19-6-2-1-3-11(18(32)33)23-17(31)12(7-14(27)28)24-16(30)10(4-5-13(21)26)22-15(29)9(20)8-25/h9-12,25H,1-8,19-20H2,(H2,21,26)(H,22,29)(H,23,31)(H,24,30)(H,27,28)(H,32,33). The van der Waals surface area contributed by atoms with Crippen LogP contribution >= 0.6 is 0 Å². The zero-order valence-corrected chi connectivity index (χ0v) is 18.0. The number of nitrogens with one attached hydrogen (secondary N) is 3. The fourth-order valence-electron chi connectivity index (χ4n) is 2.60. The molecule has 0 aliphatic carbocycles. The number of aliphatic carboxylic acids is 2. The van der Waals surface area contributed by atoms with Gasteiger partial charge in [0.2, 0.25) is 23.6 Å². The van der Waals surface area contributed by atoms with Crippen molar-refractivity contribution < 1.29 is 44.1 Å². The van der Waals surface area contributed by atoms with E-state index in [9.17, 15) is 33.9 Å². The molecule has 0 saturated carbocycles. The maximum Gasteiger partial charge on any atom is 0.326 e. The van der Waals surface area contributed by atoms with Crippen LogP contribution in [-0.2, 0) is 28.8 Å². The molecule has 0 saturated heterocycles. The van der Waals surface area contributed by atoms with E-state index in [1.165, 1.54) is 0 Å². The number of carboxylic acid groups (broad SMARTS) is 2. The van der Waals surface area contributed by atoms with E-state index in [0.717, 1.165) is 0 Å². The van der Waals surface area contributed by atoms with Gasteiger partial charge in [0.05, 0.1) is 13.0 Å². The normalized spacial score (nSPS) is 14.3. The lowest BCUT2D eigenvalue weighted by Crippen LogP contribution is -2.57. The van der Waals surface area contributed by atoms with Crippen molar-refractivity contribution in [3.05, 3.63) is 0 Å². The SMILES string of the molecule is NCCCCC(NC(=O)C(CC(=O)O)NC(=O)C(CCC(N)=O)NC(=O)C(N)CO)C(=O)O. The number of carbonyl (C=O) groups is 6. The number of hydrogen-bond acceptors (Lipinski definition) is 9. The van der Waals surface area contributed by atoms with Crippen LogP contribution in [0.4, 0.5) is 0 Å². The molecular formula is C18H32N6O9. The van der Waals surface area contributed by atoms with E-state index in [-0.39, 0.29) is 19.3 Å². The second-order valence-corrected chi connectivity index (χ2v) is 7.20. The zero-order valence-electron chi connectivity index (χ0n) is 18.0. The highest BCUT2D eigenvalue weighted by molar-refractivity contribution is 5.95. The number of aliphatic hydroxyl groups excluding tert-OH is 1. The van der Waals surface area contributed by atoms with Crippen LogP contribution in [0, 0.1) is 0 Å². The molecule has 15 heteroatoms. The molecule has 0 rings (SSSR count). The summed E-state index contributed by atoms with van der Waals surface area (Å²) in [6.45, 7) is -0.420. The highest BCUT2D eigenvalue weighted by atomic mass is 16.4. The molecule has 188 valence electrons. The van der Waals surface area contributed by atoms with Gasteiger partial charge in [0, 0.05) is 6.42 Å². The smallest absolute Gasteiger partial charge is 0.326 e. The fraction of sp³-hybridized carbons (Fsp3) is 0.667. The molecule has 0 aliphatic rings. The van der Waals surface area contributed by atoms with Crippen molar-refractivity contribution >= 4 is 35.6 Å². The summed E-state index contributed by atoms with van der Waals surface area (Å²) in [6, 6.07) is -5.85. The molecule has 0 aliphatic heterocycles. The molecule has 0 aromatic rings. The molecule has 4 atom stereocenters. The summed E-state index contributed by atoms with van der Waals surface area (Å²) in [6.07, 6.45) is -0.613. The second-order valence-electron chi connectivity index (χ2n) is 7.20. The Morgan fingerprint density at radius 3 is 1.82 bits per heavy atom. The van der Waals surface area contributed by atoms with Crippen LogP contribution in [0.3, 0.4) is 0 Å². The van der Waals surface area contributed by atoms with E-state index < -0.39 is 72.8 Å². The van der Waals surface area contributed by atoms with Gasteiger partial charge in [-0.05, 0) is 32.2 Å². The second kappa shape index (κ2) is 15.5. The monoisotopic (exact) mass is 476 g/mol. The lowest BCUT2D eigenvalue weighted by Gasteiger charge is -2.24. The van der Waals surface area contributed by atoms with Crippen LogP contribution in [-0.4, -0.2) is 88.2 Å². The predicted octanol–water partition coefficient (Wildman–Crippen LogP) is -4.29. The van der Waals surface area contributed by atoms with Crippen molar-refractivity contribution in [2.75, 3.05) is 13.2 Å². The number of primary amides is 1. The van der Waals surface area contributed by atoms with Crippen molar-refractivity contribution in [1.82, 2.24) is 16.0 Å². The molecule has 0 bridgehead atoms. The first-order valence-electron chi connectivity index (χ1n) is 10.1. The molecule has 0 heterocycles. The van der Waals surface area contributed by atoms with Crippen molar-refractivity contribution in [3.8, 4) is 0 Å². The number of amides is 4. The van der Waals surface area contributed by atoms with Crippen molar-refractivity contribution in [2.24, 2.45) is 17.2 Å². The maximum absolute atomic E-state index is 12.6. The van der Waals surface area contributed by atoms with E-state index in [2.05, 4.69) is 16.0 Å². The van der Waals surface area contributed by atoms with Crippen molar-refractivity contribution in [2.45, 2.75) is 62.7 Å². The van der Waals surface area contributed by atoms with Crippen LogP contribution in [0.15, 0.2) is 0 Å². The highest BCUT2D eigenvalue weighted by Crippen LogP contribution is 2.05. The Hall–Kier alpha value is -3.30. The van der Waals surface area contributed by atoms with Gasteiger partial charge in [-0.2, -0.15) is 0 Å². The lowest BCUT2D eigenvalue weighted by molar-refractivity contribution is -0.143. The Balaban J connectivity index is 5.47. The van der Waals surface area contributed by atoms with Gasteiger partial charge in [-0.1, -0.05) is 0 Å². The summed E-state index contributed by atoms with van der Waals surface area (Å²) in [5, 5.41) is 33.8. The van der Waals surface area contributed by atoms with Gasteiger partial charge in [-0.25, -0.2) is 4.79 Å². The van der Waals surface area contributed by atoms with E-state index in [1.54, 1.807) is 0 Å². The number of carboxylic acids is 2. The van der Waals surface area contributed by atoms with Gasteiger partial charge in [-0.3, -0.25) is 24.0 Å². The summed E-state index contributed by atoms with van der Waals surface area (Å²) in [4.78, 5) is 70.8. The van der Waals surface area contributed by atoms with Gasteiger partial charge < -0.3 is 48.5 Å². The zero-order chi connectivity index (χ0) is 25.6.